The fraction of sp³-hybridized carbons (Fsp3) is 0.550. The van der Waals surface area contributed by atoms with Crippen LogP contribution in [0.4, 0.5) is 0 Å². The van der Waals surface area contributed by atoms with Crippen molar-refractivity contribution in [1.82, 2.24) is 15.5 Å². The lowest BCUT2D eigenvalue weighted by Gasteiger charge is -2.18. The molecule has 1 aromatic rings. The molecule has 0 aliphatic carbocycles. The number of likely N-dealkylation sites (tertiary alicyclic amines) is 1. The first kappa shape index (κ1) is 24.2. The average molecular weight is 502 g/mol. The van der Waals surface area contributed by atoms with Gasteiger partial charge in [0.05, 0.1) is 13.0 Å². The minimum Gasteiger partial charge on any atom is -0.469 e. The Morgan fingerprint density at radius 3 is 2.68 bits per heavy atom. The molecule has 1 aromatic carbocycles. The molecule has 2 unspecified atom stereocenters. The molecule has 1 amide bonds. The molecule has 2 atom stereocenters. The number of ether oxygens (including phenoxy) is 1. The minimum atomic E-state index is -0.256. The number of benzene rings is 1. The number of hydrogen-bond donors (Lipinski definition) is 2. The lowest BCUT2D eigenvalue weighted by atomic mass is 10.1. The number of methoxy groups -OCH3 is 1. The highest BCUT2D eigenvalue weighted by atomic mass is 127. The van der Waals surface area contributed by atoms with Crippen molar-refractivity contribution in [2.75, 3.05) is 40.3 Å². The van der Waals surface area contributed by atoms with Crippen LogP contribution in [0.1, 0.15) is 18.9 Å². The molecular weight excluding hydrogens is 471 g/mol. The van der Waals surface area contributed by atoms with Crippen LogP contribution in [0.3, 0.4) is 0 Å². The summed E-state index contributed by atoms with van der Waals surface area (Å²) in [5.74, 6) is 0.578. The molecule has 8 heteroatoms. The number of nitrogens with one attached hydrogen (secondary N) is 2. The van der Waals surface area contributed by atoms with E-state index in [1.54, 1.807) is 14.0 Å². The Kier molecular flexibility index (Phi) is 10.9. The molecule has 0 radical (unpaired) electrons. The van der Waals surface area contributed by atoms with E-state index in [4.69, 9.17) is 4.74 Å². The molecule has 2 rings (SSSR count). The highest BCUT2D eigenvalue weighted by molar-refractivity contribution is 14.0. The van der Waals surface area contributed by atoms with Crippen molar-refractivity contribution in [2.45, 2.75) is 19.8 Å². The fourth-order valence-electron chi connectivity index (χ4n) is 3.11. The van der Waals surface area contributed by atoms with Gasteiger partial charge < -0.3 is 20.3 Å². The molecule has 28 heavy (non-hydrogen) atoms. The molecule has 1 aliphatic heterocycles. The normalized spacial score (nSPS) is 17.7. The largest absolute Gasteiger partial charge is 0.469 e. The zero-order valence-corrected chi connectivity index (χ0v) is 19.1. The summed E-state index contributed by atoms with van der Waals surface area (Å²) in [5.41, 5.74) is 1.25. The number of amides is 1. The van der Waals surface area contributed by atoms with Crippen molar-refractivity contribution in [3.8, 4) is 0 Å². The van der Waals surface area contributed by atoms with Crippen LogP contribution in [0.25, 0.3) is 0 Å². The van der Waals surface area contributed by atoms with Gasteiger partial charge in [0, 0.05) is 45.6 Å². The topological polar surface area (TPSA) is 83.0 Å². The number of hydrogen-bond acceptors (Lipinski definition) is 4. The SMILES string of the molecule is CN=C(NCC1CC(=O)N(CCc2ccccc2)C1)NCC(C)C(=O)OC.I. The number of nitrogens with zero attached hydrogens (tertiary/aromatic N) is 2. The van der Waals surface area contributed by atoms with Crippen molar-refractivity contribution >= 4 is 41.8 Å². The second-order valence-electron chi connectivity index (χ2n) is 6.90. The predicted molar refractivity (Wildman–Crippen MR) is 121 cm³/mol. The lowest BCUT2D eigenvalue weighted by molar-refractivity contribution is -0.144. The van der Waals surface area contributed by atoms with E-state index in [1.165, 1.54) is 12.7 Å². The second kappa shape index (κ2) is 12.6. The Balaban J connectivity index is 0.00000392. The zero-order valence-electron chi connectivity index (χ0n) is 16.8. The van der Waals surface area contributed by atoms with Crippen molar-refractivity contribution in [2.24, 2.45) is 16.8 Å². The van der Waals surface area contributed by atoms with E-state index >= 15 is 0 Å². The third-order valence-electron chi connectivity index (χ3n) is 4.77. The van der Waals surface area contributed by atoms with Crippen LogP contribution >= 0.6 is 24.0 Å². The highest BCUT2D eigenvalue weighted by Gasteiger charge is 2.29. The molecule has 1 saturated heterocycles. The molecule has 2 N–H and O–H groups in total. The van der Waals surface area contributed by atoms with Gasteiger partial charge in [-0.15, -0.1) is 24.0 Å². The summed E-state index contributed by atoms with van der Waals surface area (Å²) < 4.78 is 4.72. The first-order valence-electron chi connectivity index (χ1n) is 9.37. The van der Waals surface area contributed by atoms with Crippen molar-refractivity contribution in [1.29, 1.82) is 0 Å². The van der Waals surface area contributed by atoms with Crippen LogP contribution in [0, 0.1) is 11.8 Å². The number of carbonyl (C=O) groups excluding carboxylic acids is 2. The highest BCUT2D eigenvalue weighted by Crippen LogP contribution is 2.17. The van der Waals surface area contributed by atoms with E-state index in [0.29, 0.717) is 25.5 Å². The van der Waals surface area contributed by atoms with Crippen molar-refractivity contribution in [3.05, 3.63) is 35.9 Å². The van der Waals surface area contributed by atoms with Crippen LogP contribution in [0.5, 0.6) is 0 Å². The van der Waals surface area contributed by atoms with Crippen molar-refractivity contribution < 1.29 is 14.3 Å². The van der Waals surface area contributed by atoms with E-state index in [-0.39, 0.29) is 47.7 Å². The molecule has 1 fully saturated rings. The van der Waals surface area contributed by atoms with E-state index in [9.17, 15) is 9.59 Å². The van der Waals surface area contributed by atoms with E-state index in [0.717, 1.165) is 19.5 Å². The van der Waals surface area contributed by atoms with Crippen molar-refractivity contribution in [3.63, 3.8) is 0 Å². The van der Waals surface area contributed by atoms with Crippen LogP contribution in [-0.4, -0.2) is 63.1 Å². The molecule has 0 saturated carbocycles. The van der Waals surface area contributed by atoms with Gasteiger partial charge in [0.15, 0.2) is 5.96 Å². The number of halogens is 1. The number of carbonyl (C=O) groups is 2. The maximum atomic E-state index is 12.2. The van der Waals surface area contributed by atoms with Gasteiger partial charge in [0.25, 0.3) is 0 Å². The minimum absolute atomic E-state index is 0. The van der Waals surface area contributed by atoms with Gasteiger partial charge in [0.1, 0.15) is 0 Å². The van der Waals surface area contributed by atoms with Crippen LogP contribution in [-0.2, 0) is 20.7 Å². The number of aliphatic imine (C=N–C) groups is 1. The van der Waals surface area contributed by atoms with Gasteiger partial charge in [-0.05, 0) is 12.0 Å². The maximum Gasteiger partial charge on any atom is 0.310 e. The van der Waals surface area contributed by atoms with E-state index < -0.39 is 0 Å². The third kappa shape index (κ3) is 7.65. The zero-order chi connectivity index (χ0) is 19.6. The predicted octanol–water partition coefficient (Wildman–Crippen LogP) is 1.67. The molecule has 1 heterocycles. The van der Waals surface area contributed by atoms with Crippen LogP contribution in [0.15, 0.2) is 35.3 Å². The Hall–Kier alpha value is -1.84. The summed E-state index contributed by atoms with van der Waals surface area (Å²) in [6.45, 7) is 4.42. The second-order valence-corrected chi connectivity index (χ2v) is 6.90. The lowest BCUT2D eigenvalue weighted by Crippen LogP contribution is -2.43. The van der Waals surface area contributed by atoms with E-state index in [2.05, 4.69) is 27.8 Å². The monoisotopic (exact) mass is 502 g/mol. The molecule has 0 bridgehead atoms. The molecule has 7 nitrogen and oxygen atoms in total. The third-order valence-corrected chi connectivity index (χ3v) is 4.77. The molecule has 0 aromatic heterocycles. The van der Waals surface area contributed by atoms with Gasteiger partial charge in [0.2, 0.25) is 5.91 Å². The van der Waals surface area contributed by atoms with Gasteiger partial charge in [-0.25, -0.2) is 0 Å². The molecule has 0 spiro atoms. The Labute approximate surface area is 184 Å². The summed E-state index contributed by atoms with van der Waals surface area (Å²) in [5, 5.41) is 6.36. The first-order valence-corrected chi connectivity index (χ1v) is 9.37. The number of guanidine groups is 1. The maximum absolute atomic E-state index is 12.2. The summed E-state index contributed by atoms with van der Waals surface area (Å²) >= 11 is 0. The van der Waals surface area contributed by atoms with Crippen LogP contribution in [0.2, 0.25) is 0 Å². The Morgan fingerprint density at radius 1 is 1.32 bits per heavy atom. The van der Waals surface area contributed by atoms with Gasteiger partial charge in [-0.3, -0.25) is 14.6 Å². The molecule has 1 aliphatic rings. The standard InChI is InChI=1S/C20H30N4O3.HI/c1-15(19(26)27-3)12-22-20(21-2)23-13-17-11-18(25)24(14-17)10-9-16-7-5-4-6-8-16;/h4-8,15,17H,9-14H2,1-3H3,(H2,21,22,23);1H. The fourth-order valence-corrected chi connectivity index (χ4v) is 3.11. The summed E-state index contributed by atoms with van der Waals surface area (Å²) in [7, 11) is 3.07. The summed E-state index contributed by atoms with van der Waals surface area (Å²) in [6, 6.07) is 10.2. The smallest absolute Gasteiger partial charge is 0.310 e. The summed E-state index contributed by atoms with van der Waals surface area (Å²) in [6.07, 6.45) is 1.43. The Morgan fingerprint density at radius 2 is 2.04 bits per heavy atom. The molecular formula is C20H31IN4O3. The number of rotatable bonds is 8. The van der Waals surface area contributed by atoms with Crippen LogP contribution < -0.4 is 10.6 Å². The van der Waals surface area contributed by atoms with Gasteiger partial charge >= 0.3 is 5.97 Å². The van der Waals surface area contributed by atoms with Gasteiger partial charge in [-0.1, -0.05) is 37.3 Å². The van der Waals surface area contributed by atoms with E-state index in [1.807, 2.05) is 23.1 Å². The van der Waals surface area contributed by atoms with Gasteiger partial charge in [-0.2, -0.15) is 0 Å². The summed E-state index contributed by atoms with van der Waals surface area (Å²) in [4.78, 5) is 29.8. The quantitative estimate of drug-likeness (QED) is 0.245. The average Bonchev–Trinajstić information content (AvgIpc) is 3.06. The first-order chi connectivity index (χ1) is 13.0. The molecule has 156 valence electrons. The number of esters is 1. The Bertz CT molecular complexity index is 654.